The molecule has 0 saturated carbocycles. The van der Waals surface area contributed by atoms with E-state index in [9.17, 15) is 0 Å². The Morgan fingerprint density at radius 2 is 1.94 bits per heavy atom. The van der Waals surface area contributed by atoms with Crippen molar-refractivity contribution in [2.75, 3.05) is 19.6 Å². The molecule has 0 aliphatic carbocycles. The SMILES string of the molecule is C=CC(C)(C)N1CCC(C2CCCN2)CC1. The lowest BCUT2D eigenvalue weighted by Gasteiger charge is -2.42. The summed E-state index contributed by atoms with van der Waals surface area (Å²) in [5, 5.41) is 3.66. The van der Waals surface area contributed by atoms with Crippen LogP contribution in [0.4, 0.5) is 0 Å². The van der Waals surface area contributed by atoms with Crippen molar-refractivity contribution in [2.24, 2.45) is 5.92 Å². The monoisotopic (exact) mass is 222 g/mol. The Balaban J connectivity index is 1.84. The molecule has 2 heteroatoms. The topological polar surface area (TPSA) is 15.3 Å². The van der Waals surface area contributed by atoms with Gasteiger partial charge in [0.05, 0.1) is 0 Å². The Hall–Kier alpha value is -0.340. The zero-order valence-corrected chi connectivity index (χ0v) is 10.8. The summed E-state index contributed by atoms with van der Waals surface area (Å²) in [6, 6.07) is 0.814. The average Bonchev–Trinajstić information content (AvgIpc) is 2.83. The molecular weight excluding hydrogens is 196 g/mol. The summed E-state index contributed by atoms with van der Waals surface area (Å²) in [5.41, 5.74) is 0.175. The molecule has 2 heterocycles. The Morgan fingerprint density at radius 1 is 1.25 bits per heavy atom. The van der Waals surface area contributed by atoms with Crippen molar-refractivity contribution < 1.29 is 0 Å². The van der Waals surface area contributed by atoms with E-state index in [0.29, 0.717) is 0 Å². The van der Waals surface area contributed by atoms with Crippen LogP contribution in [0, 0.1) is 5.92 Å². The van der Waals surface area contributed by atoms with Gasteiger partial charge < -0.3 is 5.32 Å². The van der Waals surface area contributed by atoms with Crippen LogP contribution in [0.2, 0.25) is 0 Å². The summed E-state index contributed by atoms with van der Waals surface area (Å²) in [5.74, 6) is 0.916. The van der Waals surface area contributed by atoms with Crippen LogP contribution in [0.25, 0.3) is 0 Å². The molecule has 0 bridgehead atoms. The number of rotatable bonds is 3. The van der Waals surface area contributed by atoms with Gasteiger partial charge in [0.25, 0.3) is 0 Å². The van der Waals surface area contributed by atoms with Crippen molar-refractivity contribution in [3.63, 3.8) is 0 Å². The molecule has 1 atom stereocenters. The molecule has 2 saturated heterocycles. The Bertz CT molecular complexity index is 233. The van der Waals surface area contributed by atoms with Gasteiger partial charge in [-0.05, 0) is 65.1 Å². The van der Waals surface area contributed by atoms with Gasteiger partial charge in [-0.1, -0.05) is 6.08 Å². The van der Waals surface area contributed by atoms with Gasteiger partial charge in [-0.2, -0.15) is 0 Å². The van der Waals surface area contributed by atoms with Crippen molar-refractivity contribution in [1.29, 1.82) is 0 Å². The van der Waals surface area contributed by atoms with E-state index in [1.54, 1.807) is 0 Å². The van der Waals surface area contributed by atoms with Crippen LogP contribution in [-0.4, -0.2) is 36.1 Å². The van der Waals surface area contributed by atoms with Gasteiger partial charge >= 0.3 is 0 Å². The van der Waals surface area contributed by atoms with Gasteiger partial charge in [0.2, 0.25) is 0 Å². The molecule has 0 aromatic carbocycles. The highest BCUT2D eigenvalue weighted by Crippen LogP contribution is 2.29. The molecule has 2 nitrogen and oxygen atoms in total. The van der Waals surface area contributed by atoms with Crippen molar-refractivity contribution in [3.05, 3.63) is 12.7 Å². The molecule has 2 aliphatic rings. The van der Waals surface area contributed by atoms with E-state index in [0.717, 1.165) is 12.0 Å². The fourth-order valence-corrected chi connectivity index (χ4v) is 3.12. The normalized spacial score (nSPS) is 29.5. The number of hydrogen-bond acceptors (Lipinski definition) is 2. The summed E-state index contributed by atoms with van der Waals surface area (Å²) in [7, 11) is 0. The third kappa shape index (κ3) is 2.49. The van der Waals surface area contributed by atoms with Crippen LogP contribution in [0.5, 0.6) is 0 Å². The fourth-order valence-electron chi connectivity index (χ4n) is 3.12. The van der Waals surface area contributed by atoms with Crippen LogP contribution in [0.1, 0.15) is 39.5 Å². The van der Waals surface area contributed by atoms with Gasteiger partial charge in [0, 0.05) is 11.6 Å². The van der Waals surface area contributed by atoms with E-state index in [1.807, 2.05) is 0 Å². The molecule has 0 aromatic heterocycles. The molecule has 92 valence electrons. The highest BCUT2D eigenvalue weighted by Gasteiger charge is 2.32. The van der Waals surface area contributed by atoms with Crippen molar-refractivity contribution in [1.82, 2.24) is 10.2 Å². The van der Waals surface area contributed by atoms with Crippen LogP contribution < -0.4 is 5.32 Å². The molecule has 0 radical (unpaired) electrons. The maximum atomic E-state index is 3.95. The van der Waals surface area contributed by atoms with Gasteiger partial charge in [-0.3, -0.25) is 4.90 Å². The summed E-state index contributed by atoms with van der Waals surface area (Å²) in [4.78, 5) is 2.57. The molecule has 16 heavy (non-hydrogen) atoms. The van der Waals surface area contributed by atoms with Gasteiger partial charge in [-0.15, -0.1) is 6.58 Å². The maximum Gasteiger partial charge on any atom is 0.0332 e. The fraction of sp³-hybridized carbons (Fsp3) is 0.857. The second kappa shape index (κ2) is 4.89. The molecule has 1 N–H and O–H groups in total. The molecule has 2 aliphatic heterocycles. The molecule has 2 fully saturated rings. The molecule has 0 amide bonds. The number of hydrogen-bond donors (Lipinski definition) is 1. The first-order valence-electron chi connectivity index (χ1n) is 6.75. The first kappa shape index (κ1) is 12.1. The van der Waals surface area contributed by atoms with Crippen molar-refractivity contribution in [2.45, 2.75) is 51.1 Å². The van der Waals surface area contributed by atoms with Crippen LogP contribution in [0.15, 0.2) is 12.7 Å². The van der Waals surface area contributed by atoms with Crippen molar-refractivity contribution >= 4 is 0 Å². The van der Waals surface area contributed by atoms with Crippen LogP contribution >= 0.6 is 0 Å². The first-order chi connectivity index (χ1) is 7.63. The van der Waals surface area contributed by atoms with E-state index in [4.69, 9.17) is 0 Å². The van der Waals surface area contributed by atoms with E-state index >= 15 is 0 Å². The van der Waals surface area contributed by atoms with Gasteiger partial charge in [0.15, 0.2) is 0 Å². The Morgan fingerprint density at radius 3 is 2.44 bits per heavy atom. The number of likely N-dealkylation sites (tertiary alicyclic amines) is 1. The van der Waals surface area contributed by atoms with E-state index in [1.165, 1.54) is 45.3 Å². The average molecular weight is 222 g/mol. The lowest BCUT2D eigenvalue weighted by Crippen LogP contribution is -2.49. The van der Waals surface area contributed by atoms with E-state index < -0.39 is 0 Å². The quantitative estimate of drug-likeness (QED) is 0.738. The minimum absolute atomic E-state index is 0.175. The summed E-state index contributed by atoms with van der Waals surface area (Å²) in [6.45, 7) is 12.2. The van der Waals surface area contributed by atoms with Crippen LogP contribution in [0.3, 0.4) is 0 Å². The maximum absolute atomic E-state index is 3.95. The predicted molar refractivity (Wildman–Crippen MR) is 69.6 cm³/mol. The molecule has 0 aromatic rings. The highest BCUT2D eigenvalue weighted by atomic mass is 15.2. The lowest BCUT2D eigenvalue weighted by atomic mass is 9.86. The minimum Gasteiger partial charge on any atom is -0.314 e. The first-order valence-corrected chi connectivity index (χ1v) is 6.75. The van der Waals surface area contributed by atoms with Gasteiger partial charge in [-0.25, -0.2) is 0 Å². The van der Waals surface area contributed by atoms with E-state index in [2.05, 4.69) is 36.7 Å². The molecular formula is C14H26N2. The zero-order chi connectivity index (χ0) is 11.6. The second-order valence-corrected chi connectivity index (χ2v) is 5.89. The van der Waals surface area contributed by atoms with Crippen LogP contribution in [-0.2, 0) is 0 Å². The molecule has 1 unspecified atom stereocenters. The number of piperidine rings is 1. The largest absolute Gasteiger partial charge is 0.314 e. The smallest absolute Gasteiger partial charge is 0.0332 e. The minimum atomic E-state index is 0.175. The summed E-state index contributed by atoms with van der Waals surface area (Å²) >= 11 is 0. The standard InChI is InChI=1S/C14H26N2/c1-4-14(2,3)16-10-7-12(8-11-16)13-6-5-9-15-13/h4,12-13,15H,1,5-11H2,2-3H3. The molecule has 0 spiro atoms. The van der Waals surface area contributed by atoms with E-state index in [-0.39, 0.29) is 5.54 Å². The van der Waals surface area contributed by atoms with Crippen molar-refractivity contribution in [3.8, 4) is 0 Å². The number of nitrogens with one attached hydrogen (secondary N) is 1. The molecule has 2 rings (SSSR count). The number of nitrogens with zero attached hydrogens (tertiary/aromatic N) is 1. The summed E-state index contributed by atoms with van der Waals surface area (Å²) in [6.07, 6.45) is 7.57. The Labute approximate surface area is 100 Å². The lowest BCUT2D eigenvalue weighted by molar-refractivity contribution is 0.0957. The zero-order valence-electron chi connectivity index (χ0n) is 10.8. The Kier molecular flexibility index (Phi) is 3.70. The second-order valence-electron chi connectivity index (χ2n) is 5.89. The summed E-state index contributed by atoms with van der Waals surface area (Å²) < 4.78 is 0. The third-order valence-electron chi connectivity index (χ3n) is 4.52. The predicted octanol–water partition coefficient (Wildman–Crippen LogP) is 2.42. The highest BCUT2D eigenvalue weighted by molar-refractivity contribution is 4.99. The third-order valence-corrected chi connectivity index (χ3v) is 4.52. The van der Waals surface area contributed by atoms with Gasteiger partial charge in [0.1, 0.15) is 0 Å².